The maximum absolute atomic E-state index is 12.2. The number of urea groups is 1. The number of hydrogen-bond donors (Lipinski definition) is 3. The van der Waals surface area contributed by atoms with Gasteiger partial charge in [-0.25, -0.2) is 9.48 Å². The Morgan fingerprint density at radius 2 is 1.78 bits per heavy atom. The van der Waals surface area contributed by atoms with Crippen LogP contribution in [0.15, 0.2) is 0 Å². The van der Waals surface area contributed by atoms with Gasteiger partial charge in [0, 0.05) is 18.5 Å². The number of likely N-dealkylation sites (N-methyl/N-ethyl adjacent to an activating group) is 1. The quantitative estimate of drug-likeness (QED) is 0.792. The zero-order valence-electron chi connectivity index (χ0n) is 15.7. The normalized spacial score (nSPS) is 12.6. The first-order chi connectivity index (χ1) is 10.3. The number of amides is 2. The lowest BCUT2D eigenvalue weighted by Gasteiger charge is -2.21. The predicted octanol–water partition coefficient (Wildman–Crippen LogP) is 2.20. The van der Waals surface area contributed by atoms with Gasteiger partial charge in [0.1, 0.15) is 11.5 Å². The Morgan fingerprint density at radius 1 is 1.22 bits per heavy atom. The molecule has 0 aromatic carbocycles. The molecule has 0 spiro atoms. The number of anilines is 2. The summed E-state index contributed by atoms with van der Waals surface area (Å²) >= 11 is 0. The summed E-state index contributed by atoms with van der Waals surface area (Å²) in [6.07, 6.45) is 0. The minimum atomic E-state index is -0.266. The molecule has 0 fully saturated rings. The number of nitrogens with two attached hydrogens (primary N) is 1. The maximum atomic E-state index is 12.2. The minimum absolute atomic E-state index is 0.225. The third-order valence-electron chi connectivity index (χ3n) is 3.35. The van der Waals surface area contributed by atoms with Crippen LogP contribution in [0.1, 0.15) is 47.2 Å². The predicted molar refractivity (Wildman–Crippen MR) is 95.9 cm³/mol. The lowest BCUT2D eigenvalue weighted by atomic mass is 9.91. The first kappa shape index (κ1) is 19.3. The molecule has 2 amide bonds. The summed E-state index contributed by atoms with van der Waals surface area (Å²) in [5, 5.41) is 10.4. The van der Waals surface area contributed by atoms with Crippen LogP contribution in [0.4, 0.5) is 16.3 Å². The highest BCUT2D eigenvalue weighted by Gasteiger charge is 2.30. The Bertz CT molecular complexity index is 548. The molecule has 1 aromatic rings. The van der Waals surface area contributed by atoms with E-state index in [-0.39, 0.29) is 17.0 Å². The molecule has 4 N–H and O–H groups in total. The standard InChI is InChI=1S/C16H32N6O/c1-15(2,3)12-11(13(17)22(20-12)16(4,5)6)19-14(23)18-9-10-21(7)8/h9-10,17H2,1-8H3,(H2,18,19,23). The van der Waals surface area contributed by atoms with Crippen molar-refractivity contribution in [3.05, 3.63) is 5.69 Å². The second-order valence-corrected chi connectivity index (χ2v) is 8.13. The van der Waals surface area contributed by atoms with E-state index in [0.717, 1.165) is 12.2 Å². The Labute approximate surface area is 139 Å². The van der Waals surface area contributed by atoms with Gasteiger partial charge in [-0.2, -0.15) is 5.10 Å². The summed E-state index contributed by atoms with van der Waals surface area (Å²) in [7, 11) is 3.92. The molecule has 0 saturated heterocycles. The smallest absolute Gasteiger partial charge is 0.319 e. The second-order valence-electron chi connectivity index (χ2n) is 8.13. The van der Waals surface area contributed by atoms with Crippen LogP contribution in [-0.4, -0.2) is 47.9 Å². The summed E-state index contributed by atoms with van der Waals surface area (Å²) in [6, 6.07) is -0.266. The van der Waals surface area contributed by atoms with E-state index in [9.17, 15) is 4.79 Å². The first-order valence-corrected chi connectivity index (χ1v) is 7.93. The summed E-state index contributed by atoms with van der Waals surface area (Å²) in [4.78, 5) is 14.2. The van der Waals surface area contributed by atoms with Crippen LogP contribution in [0.5, 0.6) is 0 Å². The number of rotatable bonds is 4. The van der Waals surface area contributed by atoms with Crippen LogP contribution in [0.2, 0.25) is 0 Å². The molecule has 1 rings (SSSR count). The first-order valence-electron chi connectivity index (χ1n) is 7.93. The molecule has 0 unspecified atom stereocenters. The lowest BCUT2D eigenvalue weighted by Crippen LogP contribution is -2.35. The largest absolute Gasteiger partial charge is 0.382 e. The fourth-order valence-corrected chi connectivity index (χ4v) is 2.14. The van der Waals surface area contributed by atoms with Crippen LogP contribution in [0.25, 0.3) is 0 Å². The van der Waals surface area contributed by atoms with E-state index in [0.29, 0.717) is 18.1 Å². The molecular weight excluding hydrogens is 292 g/mol. The van der Waals surface area contributed by atoms with Crippen molar-refractivity contribution < 1.29 is 4.79 Å². The summed E-state index contributed by atoms with van der Waals surface area (Å²) in [5.41, 5.74) is 7.16. The zero-order valence-corrected chi connectivity index (χ0v) is 15.7. The Morgan fingerprint density at radius 3 is 2.22 bits per heavy atom. The van der Waals surface area contributed by atoms with Crippen LogP contribution in [-0.2, 0) is 11.0 Å². The maximum Gasteiger partial charge on any atom is 0.319 e. The van der Waals surface area contributed by atoms with Gasteiger partial charge in [0.15, 0.2) is 0 Å². The molecular formula is C16H32N6O. The molecule has 0 aliphatic rings. The van der Waals surface area contributed by atoms with Crippen molar-refractivity contribution in [1.82, 2.24) is 20.0 Å². The molecule has 0 aliphatic carbocycles. The SMILES string of the molecule is CN(C)CCNC(=O)Nc1c(C(C)(C)C)nn(C(C)(C)C)c1N. The van der Waals surface area contributed by atoms with Gasteiger partial charge >= 0.3 is 6.03 Å². The summed E-state index contributed by atoms with van der Waals surface area (Å²) < 4.78 is 1.77. The fourth-order valence-electron chi connectivity index (χ4n) is 2.14. The lowest BCUT2D eigenvalue weighted by molar-refractivity contribution is 0.250. The molecule has 0 atom stereocenters. The third-order valence-corrected chi connectivity index (χ3v) is 3.35. The number of carbonyl (C=O) groups excluding carboxylic acids is 1. The van der Waals surface area contributed by atoms with Crippen LogP contribution < -0.4 is 16.4 Å². The monoisotopic (exact) mass is 324 g/mol. The van der Waals surface area contributed by atoms with E-state index in [2.05, 4.69) is 36.5 Å². The van der Waals surface area contributed by atoms with Crippen LogP contribution in [0, 0.1) is 0 Å². The topological polar surface area (TPSA) is 88.2 Å². The second kappa shape index (κ2) is 6.78. The molecule has 132 valence electrons. The van der Waals surface area contributed by atoms with Crippen LogP contribution in [0.3, 0.4) is 0 Å². The Hall–Kier alpha value is -1.76. The molecule has 0 saturated carbocycles. The van der Waals surface area contributed by atoms with E-state index in [4.69, 9.17) is 5.73 Å². The highest BCUT2D eigenvalue weighted by molar-refractivity contribution is 5.93. The van der Waals surface area contributed by atoms with E-state index < -0.39 is 0 Å². The van der Waals surface area contributed by atoms with Gasteiger partial charge in [-0.1, -0.05) is 20.8 Å². The van der Waals surface area contributed by atoms with Crippen molar-refractivity contribution in [3.63, 3.8) is 0 Å². The molecule has 23 heavy (non-hydrogen) atoms. The fraction of sp³-hybridized carbons (Fsp3) is 0.750. The van der Waals surface area contributed by atoms with Gasteiger partial charge in [0.25, 0.3) is 0 Å². The zero-order chi connectivity index (χ0) is 18.0. The molecule has 1 aromatic heterocycles. The van der Waals surface area contributed by atoms with Gasteiger partial charge in [-0.05, 0) is 34.9 Å². The average Bonchev–Trinajstić information content (AvgIpc) is 2.66. The Kier molecular flexibility index (Phi) is 5.69. The Balaban J connectivity index is 3.05. The number of nitrogens with zero attached hydrogens (tertiary/aromatic N) is 3. The highest BCUT2D eigenvalue weighted by Crippen LogP contribution is 2.35. The van der Waals surface area contributed by atoms with Gasteiger partial charge in [-0.3, -0.25) is 0 Å². The molecule has 7 nitrogen and oxygen atoms in total. The summed E-state index contributed by atoms with van der Waals surface area (Å²) in [5.74, 6) is 0.477. The highest BCUT2D eigenvalue weighted by atomic mass is 16.2. The van der Waals surface area contributed by atoms with Crippen molar-refractivity contribution in [1.29, 1.82) is 0 Å². The molecule has 0 radical (unpaired) electrons. The molecule has 0 bridgehead atoms. The number of hydrogen-bond acceptors (Lipinski definition) is 4. The summed E-state index contributed by atoms with van der Waals surface area (Å²) in [6.45, 7) is 13.6. The minimum Gasteiger partial charge on any atom is -0.382 e. The number of nitrogen functional groups attached to an aromatic ring is 1. The number of aromatic nitrogens is 2. The number of nitrogens with one attached hydrogen (secondary N) is 2. The van der Waals surface area contributed by atoms with Crippen molar-refractivity contribution in [2.75, 3.05) is 38.2 Å². The average molecular weight is 324 g/mol. The van der Waals surface area contributed by atoms with Crippen molar-refractivity contribution in [3.8, 4) is 0 Å². The van der Waals surface area contributed by atoms with Gasteiger partial charge < -0.3 is 21.3 Å². The third kappa shape index (κ3) is 5.13. The molecule has 0 aliphatic heterocycles. The molecule has 1 heterocycles. The van der Waals surface area contributed by atoms with Crippen LogP contribution >= 0.6 is 0 Å². The van der Waals surface area contributed by atoms with E-state index >= 15 is 0 Å². The molecule has 7 heteroatoms. The van der Waals surface area contributed by atoms with Gasteiger partial charge in [0.05, 0.1) is 11.2 Å². The van der Waals surface area contributed by atoms with Crippen molar-refractivity contribution in [2.45, 2.75) is 52.5 Å². The van der Waals surface area contributed by atoms with Crippen molar-refractivity contribution >= 4 is 17.5 Å². The van der Waals surface area contributed by atoms with Gasteiger partial charge in [-0.15, -0.1) is 0 Å². The van der Waals surface area contributed by atoms with E-state index in [1.165, 1.54) is 0 Å². The van der Waals surface area contributed by atoms with E-state index in [1.54, 1.807) is 4.68 Å². The van der Waals surface area contributed by atoms with Gasteiger partial charge in [0.2, 0.25) is 0 Å². The number of carbonyl (C=O) groups is 1. The van der Waals surface area contributed by atoms with Crippen molar-refractivity contribution in [2.24, 2.45) is 0 Å². The van der Waals surface area contributed by atoms with E-state index in [1.807, 2.05) is 39.8 Å².